The van der Waals surface area contributed by atoms with Gasteiger partial charge in [0.1, 0.15) is 11.7 Å². The molecule has 2 rings (SSSR count). The summed E-state index contributed by atoms with van der Waals surface area (Å²) in [6, 6.07) is 7.45. The fourth-order valence-electron chi connectivity index (χ4n) is 2.71. The lowest BCUT2D eigenvalue weighted by Crippen LogP contribution is -2.42. The molecular weight excluding hydrogens is 306 g/mol. The molecule has 1 amide bonds. The molecule has 1 aromatic carbocycles. The number of ether oxygens (including phenoxy) is 2. The number of hydrogen-bond donors (Lipinski definition) is 1. The molecule has 1 fully saturated rings. The molecule has 0 aromatic heterocycles. The van der Waals surface area contributed by atoms with Gasteiger partial charge in [-0.05, 0) is 65.5 Å². The molecular formula is C19H27NO4. The summed E-state index contributed by atoms with van der Waals surface area (Å²) >= 11 is 0. The Bertz CT molecular complexity index is 566. The maximum absolute atomic E-state index is 12.1. The Labute approximate surface area is 143 Å². The van der Waals surface area contributed by atoms with Crippen LogP contribution in [0.25, 0.3) is 0 Å². The van der Waals surface area contributed by atoms with Gasteiger partial charge < -0.3 is 14.8 Å². The van der Waals surface area contributed by atoms with Crippen molar-refractivity contribution in [1.82, 2.24) is 5.32 Å². The third-order valence-electron chi connectivity index (χ3n) is 3.96. The van der Waals surface area contributed by atoms with E-state index in [4.69, 9.17) is 9.47 Å². The lowest BCUT2D eigenvalue weighted by Gasteiger charge is -2.29. The average molecular weight is 333 g/mol. The van der Waals surface area contributed by atoms with Crippen LogP contribution >= 0.6 is 0 Å². The minimum absolute atomic E-state index is 0.0779. The lowest BCUT2D eigenvalue weighted by molar-refractivity contribution is 0.0162. The van der Waals surface area contributed by atoms with E-state index in [1.54, 1.807) is 12.1 Å². The van der Waals surface area contributed by atoms with Gasteiger partial charge in [-0.2, -0.15) is 0 Å². The minimum atomic E-state index is -0.495. The summed E-state index contributed by atoms with van der Waals surface area (Å²) in [5, 5.41) is 2.89. The van der Waals surface area contributed by atoms with Crippen LogP contribution < -0.4 is 5.32 Å². The largest absolute Gasteiger partial charge is 0.459 e. The smallest absolute Gasteiger partial charge is 0.407 e. The van der Waals surface area contributed by atoms with E-state index in [0.717, 1.165) is 31.2 Å². The number of esters is 1. The van der Waals surface area contributed by atoms with Crippen molar-refractivity contribution >= 4 is 12.1 Å². The second-order valence-electron chi connectivity index (χ2n) is 7.39. The van der Waals surface area contributed by atoms with Gasteiger partial charge in [0.15, 0.2) is 0 Å². The van der Waals surface area contributed by atoms with Crippen LogP contribution in [0, 0.1) is 6.92 Å². The van der Waals surface area contributed by atoms with E-state index < -0.39 is 5.60 Å². The Hall–Kier alpha value is -2.04. The number of alkyl carbamates (subject to hydrolysis) is 1. The van der Waals surface area contributed by atoms with Crippen LogP contribution in [0.15, 0.2) is 24.3 Å². The van der Waals surface area contributed by atoms with E-state index in [2.05, 4.69) is 5.32 Å². The van der Waals surface area contributed by atoms with Gasteiger partial charge >= 0.3 is 12.1 Å². The zero-order valence-electron chi connectivity index (χ0n) is 14.9. The molecule has 0 bridgehead atoms. The topological polar surface area (TPSA) is 64.6 Å². The van der Waals surface area contributed by atoms with Gasteiger partial charge in [-0.15, -0.1) is 0 Å². The van der Waals surface area contributed by atoms with Gasteiger partial charge in [-0.1, -0.05) is 17.7 Å². The van der Waals surface area contributed by atoms with Crippen molar-refractivity contribution in [3.63, 3.8) is 0 Å². The molecule has 0 unspecified atom stereocenters. The third kappa shape index (κ3) is 5.87. The van der Waals surface area contributed by atoms with E-state index in [-0.39, 0.29) is 24.2 Å². The molecule has 1 aromatic rings. The molecule has 0 heterocycles. The number of benzene rings is 1. The first-order valence-electron chi connectivity index (χ1n) is 8.50. The van der Waals surface area contributed by atoms with Crippen molar-refractivity contribution in [2.45, 2.75) is 71.1 Å². The predicted molar refractivity (Wildman–Crippen MR) is 92.0 cm³/mol. The van der Waals surface area contributed by atoms with Crippen LogP contribution in [0.4, 0.5) is 4.79 Å². The fourth-order valence-corrected chi connectivity index (χ4v) is 2.71. The molecule has 0 spiro atoms. The summed E-state index contributed by atoms with van der Waals surface area (Å²) in [5.74, 6) is -0.279. The van der Waals surface area contributed by atoms with Crippen LogP contribution in [-0.4, -0.2) is 29.8 Å². The Morgan fingerprint density at radius 1 is 1.04 bits per heavy atom. The first-order valence-corrected chi connectivity index (χ1v) is 8.50. The highest BCUT2D eigenvalue weighted by molar-refractivity contribution is 5.89. The van der Waals surface area contributed by atoms with Crippen LogP contribution in [0.1, 0.15) is 62.4 Å². The Balaban J connectivity index is 1.75. The monoisotopic (exact) mass is 333 g/mol. The molecule has 1 aliphatic carbocycles. The van der Waals surface area contributed by atoms with Crippen molar-refractivity contribution in [2.24, 2.45) is 0 Å². The number of hydrogen-bond acceptors (Lipinski definition) is 4. The highest BCUT2D eigenvalue weighted by Gasteiger charge is 2.26. The van der Waals surface area contributed by atoms with Crippen molar-refractivity contribution in [2.75, 3.05) is 0 Å². The first-order chi connectivity index (χ1) is 11.2. The molecule has 1 saturated carbocycles. The Morgan fingerprint density at radius 2 is 1.62 bits per heavy atom. The van der Waals surface area contributed by atoms with Crippen molar-refractivity contribution in [3.05, 3.63) is 35.4 Å². The van der Waals surface area contributed by atoms with Crippen LogP contribution in [0.2, 0.25) is 0 Å². The zero-order valence-corrected chi connectivity index (χ0v) is 14.9. The second kappa shape index (κ2) is 7.69. The molecule has 1 N–H and O–H groups in total. The van der Waals surface area contributed by atoms with Gasteiger partial charge in [0.05, 0.1) is 5.56 Å². The van der Waals surface area contributed by atoms with Gasteiger partial charge in [0, 0.05) is 6.04 Å². The standard InChI is InChI=1S/C19H27NO4/c1-13-5-7-14(8-6-13)17(21)23-16-11-9-15(10-12-16)20-18(22)24-19(2,3)4/h5-8,15-16H,9-12H2,1-4H3,(H,20,22)/t15-,16-. The molecule has 24 heavy (non-hydrogen) atoms. The quantitative estimate of drug-likeness (QED) is 0.850. The lowest BCUT2D eigenvalue weighted by atomic mass is 9.93. The number of rotatable bonds is 3. The molecule has 5 heteroatoms. The number of amides is 1. The number of nitrogens with one attached hydrogen (secondary N) is 1. The summed E-state index contributed by atoms with van der Waals surface area (Å²) in [6.07, 6.45) is 2.59. The van der Waals surface area contributed by atoms with Gasteiger partial charge in [0.2, 0.25) is 0 Å². The van der Waals surface area contributed by atoms with Gasteiger partial charge in [-0.3, -0.25) is 0 Å². The normalized spacial score (nSPS) is 21.0. The summed E-state index contributed by atoms with van der Waals surface area (Å²) in [7, 11) is 0. The highest BCUT2D eigenvalue weighted by Crippen LogP contribution is 2.23. The summed E-state index contributed by atoms with van der Waals surface area (Å²) in [4.78, 5) is 23.9. The molecule has 132 valence electrons. The van der Waals surface area contributed by atoms with E-state index in [9.17, 15) is 9.59 Å². The number of carbonyl (C=O) groups is 2. The van der Waals surface area contributed by atoms with E-state index in [1.165, 1.54) is 0 Å². The predicted octanol–water partition coefficient (Wildman–Crippen LogP) is 3.99. The molecule has 5 nitrogen and oxygen atoms in total. The zero-order chi connectivity index (χ0) is 17.7. The third-order valence-corrected chi connectivity index (χ3v) is 3.96. The van der Waals surface area contributed by atoms with E-state index >= 15 is 0 Å². The molecule has 0 aliphatic heterocycles. The van der Waals surface area contributed by atoms with Crippen LogP contribution in [0.5, 0.6) is 0 Å². The number of aryl methyl sites for hydroxylation is 1. The summed E-state index contributed by atoms with van der Waals surface area (Å²) in [5.41, 5.74) is 1.19. The SMILES string of the molecule is Cc1ccc(C(=O)O[C@H]2CC[C@H](NC(=O)OC(C)(C)C)CC2)cc1. The Morgan fingerprint density at radius 3 is 2.17 bits per heavy atom. The number of carbonyl (C=O) groups excluding carboxylic acids is 2. The molecule has 0 radical (unpaired) electrons. The van der Waals surface area contributed by atoms with Gasteiger partial charge in [-0.25, -0.2) is 9.59 Å². The van der Waals surface area contributed by atoms with E-state index in [1.807, 2.05) is 39.8 Å². The van der Waals surface area contributed by atoms with Crippen LogP contribution in [0.3, 0.4) is 0 Å². The average Bonchev–Trinajstić information content (AvgIpc) is 2.48. The van der Waals surface area contributed by atoms with Crippen molar-refractivity contribution in [3.8, 4) is 0 Å². The molecule has 0 atom stereocenters. The maximum Gasteiger partial charge on any atom is 0.407 e. The van der Waals surface area contributed by atoms with E-state index in [0.29, 0.717) is 5.56 Å². The maximum atomic E-state index is 12.1. The summed E-state index contributed by atoms with van der Waals surface area (Å²) < 4.78 is 10.8. The molecule has 1 aliphatic rings. The highest BCUT2D eigenvalue weighted by atomic mass is 16.6. The van der Waals surface area contributed by atoms with Crippen molar-refractivity contribution in [1.29, 1.82) is 0 Å². The fraction of sp³-hybridized carbons (Fsp3) is 0.579. The van der Waals surface area contributed by atoms with Crippen LogP contribution in [-0.2, 0) is 9.47 Å². The Kier molecular flexibility index (Phi) is 5.86. The molecule has 0 saturated heterocycles. The van der Waals surface area contributed by atoms with Crippen molar-refractivity contribution < 1.29 is 19.1 Å². The first kappa shape index (κ1) is 18.3. The minimum Gasteiger partial charge on any atom is -0.459 e. The van der Waals surface area contributed by atoms with Gasteiger partial charge in [0.25, 0.3) is 0 Å². The second-order valence-corrected chi connectivity index (χ2v) is 7.39. The summed E-state index contributed by atoms with van der Waals surface area (Å²) in [6.45, 7) is 7.50.